The molecule has 0 fully saturated rings. The molecule has 2 amide bonds. The normalized spacial score (nSPS) is 12.0. The van der Waals surface area contributed by atoms with Gasteiger partial charge in [-0.2, -0.15) is 0 Å². The number of halogens is 2. The zero-order chi connectivity index (χ0) is 27.2. The lowest BCUT2D eigenvalue weighted by molar-refractivity contribution is -0.139. The number of para-hydroxylation sites is 1. The lowest BCUT2D eigenvalue weighted by Gasteiger charge is -2.32. The van der Waals surface area contributed by atoms with Crippen LogP contribution in [0.25, 0.3) is 0 Å². The minimum Gasteiger partial charge on any atom is -0.355 e. The van der Waals surface area contributed by atoms with E-state index in [9.17, 15) is 18.0 Å². The predicted molar refractivity (Wildman–Crippen MR) is 147 cm³/mol. The van der Waals surface area contributed by atoms with Gasteiger partial charge in [-0.15, -0.1) is 0 Å². The Morgan fingerprint density at radius 3 is 2.05 bits per heavy atom. The van der Waals surface area contributed by atoms with Crippen molar-refractivity contribution < 1.29 is 18.0 Å². The number of nitrogens with one attached hydrogen (secondary N) is 1. The Balaban J connectivity index is 2.03. The Kier molecular flexibility index (Phi) is 9.59. The molecular formula is C27H29Cl2N3O4S. The first-order chi connectivity index (χ1) is 17.5. The number of anilines is 1. The minimum atomic E-state index is -4.15. The maximum Gasteiger partial charge on any atom is 0.264 e. The highest BCUT2D eigenvalue weighted by Crippen LogP contribution is 2.28. The van der Waals surface area contributed by atoms with Crippen molar-refractivity contribution in [3.05, 3.63) is 94.0 Å². The lowest BCUT2D eigenvalue weighted by Crippen LogP contribution is -2.51. The van der Waals surface area contributed by atoms with Crippen LogP contribution in [0.5, 0.6) is 0 Å². The van der Waals surface area contributed by atoms with Gasteiger partial charge in [-0.1, -0.05) is 53.5 Å². The summed E-state index contributed by atoms with van der Waals surface area (Å²) >= 11 is 12.0. The number of carbonyl (C=O) groups excluding carboxylic acids is 2. The molecule has 0 bridgehead atoms. The number of aryl methyl sites for hydroxylation is 1. The SMILES string of the molecule is CCNC(=O)[C@H](C)N(Cc1ccc(Cl)cc1)C(=O)CN(c1ccccc1C)S(=O)(=O)c1ccc(Cl)cc1. The van der Waals surface area contributed by atoms with E-state index < -0.39 is 28.5 Å². The molecule has 0 aliphatic rings. The largest absolute Gasteiger partial charge is 0.355 e. The van der Waals surface area contributed by atoms with E-state index >= 15 is 0 Å². The summed E-state index contributed by atoms with van der Waals surface area (Å²) < 4.78 is 28.6. The zero-order valence-electron chi connectivity index (χ0n) is 20.8. The molecule has 0 radical (unpaired) electrons. The molecule has 0 heterocycles. The minimum absolute atomic E-state index is 0.00558. The molecule has 3 aromatic rings. The number of nitrogens with zero attached hydrogens (tertiary/aromatic N) is 2. The first-order valence-electron chi connectivity index (χ1n) is 11.7. The van der Waals surface area contributed by atoms with Crippen LogP contribution in [0.15, 0.2) is 77.7 Å². The Hall–Kier alpha value is -3.07. The van der Waals surface area contributed by atoms with Gasteiger partial charge in [0.2, 0.25) is 11.8 Å². The van der Waals surface area contributed by atoms with E-state index in [0.717, 1.165) is 9.87 Å². The molecule has 0 aliphatic heterocycles. The van der Waals surface area contributed by atoms with Crippen LogP contribution in [-0.2, 0) is 26.2 Å². The Morgan fingerprint density at radius 2 is 1.49 bits per heavy atom. The van der Waals surface area contributed by atoms with E-state index in [1.54, 1.807) is 69.3 Å². The third kappa shape index (κ3) is 7.03. The number of amides is 2. The van der Waals surface area contributed by atoms with Crippen molar-refractivity contribution in [1.82, 2.24) is 10.2 Å². The molecule has 0 saturated carbocycles. The van der Waals surface area contributed by atoms with Crippen molar-refractivity contribution in [1.29, 1.82) is 0 Å². The van der Waals surface area contributed by atoms with Crippen LogP contribution in [0.4, 0.5) is 5.69 Å². The highest BCUT2D eigenvalue weighted by Gasteiger charge is 2.33. The molecular weight excluding hydrogens is 533 g/mol. The fourth-order valence-electron chi connectivity index (χ4n) is 3.78. The van der Waals surface area contributed by atoms with Gasteiger partial charge in [-0.05, 0) is 74.4 Å². The molecule has 7 nitrogen and oxygen atoms in total. The van der Waals surface area contributed by atoms with Gasteiger partial charge in [0.25, 0.3) is 10.0 Å². The number of hydrogen-bond donors (Lipinski definition) is 1. The van der Waals surface area contributed by atoms with Gasteiger partial charge in [0.15, 0.2) is 0 Å². The van der Waals surface area contributed by atoms with Crippen LogP contribution >= 0.6 is 23.2 Å². The van der Waals surface area contributed by atoms with Crippen LogP contribution < -0.4 is 9.62 Å². The maximum atomic E-state index is 13.8. The predicted octanol–water partition coefficient (Wildman–Crippen LogP) is 5.05. The topological polar surface area (TPSA) is 86.8 Å². The lowest BCUT2D eigenvalue weighted by atomic mass is 10.1. The summed E-state index contributed by atoms with van der Waals surface area (Å²) in [4.78, 5) is 27.9. The first kappa shape index (κ1) is 28.5. The molecule has 0 spiro atoms. The van der Waals surface area contributed by atoms with Gasteiger partial charge in [0.05, 0.1) is 10.6 Å². The van der Waals surface area contributed by atoms with Gasteiger partial charge in [-0.3, -0.25) is 13.9 Å². The molecule has 37 heavy (non-hydrogen) atoms. The van der Waals surface area contributed by atoms with E-state index in [-0.39, 0.29) is 17.3 Å². The number of rotatable bonds is 10. The Labute approximate surface area is 228 Å². The second-order valence-corrected chi connectivity index (χ2v) is 11.2. The van der Waals surface area contributed by atoms with Crippen LogP contribution in [0.3, 0.4) is 0 Å². The van der Waals surface area contributed by atoms with Gasteiger partial charge in [-0.25, -0.2) is 8.42 Å². The summed E-state index contributed by atoms with van der Waals surface area (Å²) in [6.07, 6.45) is 0. The van der Waals surface area contributed by atoms with Crippen LogP contribution in [0.1, 0.15) is 25.0 Å². The molecule has 10 heteroatoms. The highest BCUT2D eigenvalue weighted by molar-refractivity contribution is 7.92. The number of benzene rings is 3. The number of likely N-dealkylation sites (N-methyl/N-ethyl adjacent to an activating group) is 1. The highest BCUT2D eigenvalue weighted by atomic mass is 35.5. The summed E-state index contributed by atoms with van der Waals surface area (Å²) in [5.41, 5.74) is 1.79. The van der Waals surface area contributed by atoms with Gasteiger partial charge in [0, 0.05) is 23.1 Å². The summed E-state index contributed by atoms with van der Waals surface area (Å²) in [6.45, 7) is 5.16. The summed E-state index contributed by atoms with van der Waals surface area (Å²) in [5.74, 6) is -0.873. The standard InChI is InChI=1S/C27H29Cl2N3O4S/c1-4-30-27(34)20(3)31(17-21-9-11-22(28)12-10-21)26(33)18-32(25-8-6-5-7-19(25)2)37(35,36)24-15-13-23(29)14-16-24/h5-16,20H,4,17-18H2,1-3H3,(H,30,34)/t20-/m0/s1. The fraction of sp³-hybridized carbons (Fsp3) is 0.259. The van der Waals surface area contributed by atoms with Gasteiger partial charge >= 0.3 is 0 Å². The molecule has 3 rings (SSSR count). The third-order valence-corrected chi connectivity index (χ3v) is 8.13. The average molecular weight is 563 g/mol. The summed E-state index contributed by atoms with van der Waals surface area (Å²) in [7, 11) is -4.15. The monoisotopic (exact) mass is 561 g/mol. The van der Waals surface area contributed by atoms with Crippen LogP contribution in [0, 0.1) is 6.92 Å². The molecule has 3 aromatic carbocycles. The van der Waals surface area contributed by atoms with Crippen molar-refractivity contribution in [2.45, 2.75) is 38.3 Å². The molecule has 0 aliphatic carbocycles. The van der Waals surface area contributed by atoms with E-state index in [4.69, 9.17) is 23.2 Å². The number of carbonyl (C=O) groups is 2. The van der Waals surface area contributed by atoms with Crippen molar-refractivity contribution in [2.75, 3.05) is 17.4 Å². The zero-order valence-corrected chi connectivity index (χ0v) is 23.1. The van der Waals surface area contributed by atoms with E-state index in [2.05, 4.69) is 5.32 Å². The van der Waals surface area contributed by atoms with Crippen molar-refractivity contribution >= 4 is 50.7 Å². The molecule has 0 aromatic heterocycles. The van der Waals surface area contributed by atoms with Crippen molar-refractivity contribution in [2.24, 2.45) is 0 Å². The van der Waals surface area contributed by atoms with Crippen LogP contribution in [0.2, 0.25) is 10.0 Å². The van der Waals surface area contributed by atoms with Crippen LogP contribution in [-0.4, -0.2) is 44.3 Å². The van der Waals surface area contributed by atoms with E-state index in [1.807, 2.05) is 0 Å². The van der Waals surface area contributed by atoms with E-state index in [0.29, 0.717) is 27.8 Å². The molecule has 196 valence electrons. The summed E-state index contributed by atoms with van der Waals surface area (Å²) in [6, 6.07) is 18.7. The smallest absolute Gasteiger partial charge is 0.264 e. The average Bonchev–Trinajstić information content (AvgIpc) is 2.87. The second-order valence-electron chi connectivity index (χ2n) is 8.47. The van der Waals surface area contributed by atoms with Crippen molar-refractivity contribution in [3.63, 3.8) is 0 Å². The Bertz CT molecular complexity index is 1350. The van der Waals surface area contributed by atoms with Crippen molar-refractivity contribution in [3.8, 4) is 0 Å². The third-order valence-electron chi connectivity index (χ3n) is 5.85. The second kappa shape index (κ2) is 12.4. The maximum absolute atomic E-state index is 13.8. The number of hydrogen-bond acceptors (Lipinski definition) is 4. The first-order valence-corrected chi connectivity index (χ1v) is 13.9. The molecule has 0 unspecified atom stereocenters. The van der Waals surface area contributed by atoms with Gasteiger partial charge < -0.3 is 10.2 Å². The molecule has 0 saturated heterocycles. The number of sulfonamides is 1. The van der Waals surface area contributed by atoms with E-state index in [1.165, 1.54) is 29.2 Å². The molecule has 1 atom stereocenters. The summed E-state index contributed by atoms with van der Waals surface area (Å²) in [5, 5.41) is 3.66. The Morgan fingerprint density at radius 1 is 0.919 bits per heavy atom. The molecule has 1 N–H and O–H groups in total. The van der Waals surface area contributed by atoms with Gasteiger partial charge in [0.1, 0.15) is 12.6 Å². The fourth-order valence-corrected chi connectivity index (χ4v) is 5.51. The quantitative estimate of drug-likeness (QED) is 0.375.